The minimum absolute atomic E-state index is 0.0111. The summed E-state index contributed by atoms with van der Waals surface area (Å²) in [6, 6.07) is 3.69. The van der Waals surface area contributed by atoms with Gasteiger partial charge in [-0.1, -0.05) is 11.6 Å². The molecule has 1 amide bonds. The number of thiophene rings is 1. The molecule has 0 aliphatic carbocycles. The monoisotopic (exact) mass is 419 g/mol. The fourth-order valence-electron chi connectivity index (χ4n) is 2.59. The lowest BCUT2D eigenvalue weighted by Crippen LogP contribution is -2.30. The van der Waals surface area contributed by atoms with E-state index in [0.717, 1.165) is 23.4 Å². The lowest BCUT2D eigenvalue weighted by Gasteiger charge is -2.14. The molecule has 0 aromatic carbocycles. The molecule has 3 heterocycles. The molecule has 1 fully saturated rings. The topological polar surface area (TPSA) is 79.4 Å². The summed E-state index contributed by atoms with van der Waals surface area (Å²) < 4.78 is 26.4. The van der Waals surface area contributed by atoms with Gasteiger partial charge in [0.1, 0.15) is 0 Å². The van der Waals surface area contributed by atoms with Gasteiger partial charge in [-0.25, -0.2) is 17.7 Å². The molecule has 1 N–H and O–H groups in total. The number of amides is 1. The van der Waals surface area contributed by atoms with E-state index >= 15 is 0 Å². The first-order valence-electron chi connectivity index (χ1n) is 7.93. The smallest absolute Gasteiger partial charge is 0.226 e. The Kier molecular flexibility index (Phi) is 6.11. The summed E-state index contributed by atoms with van der Waals surface area (Å²) in [5.74, 6) is -0.209. The molecule has 0 radical (unpaired) electrons. The van der Waals surface area contributed by atoms with Gasteiger partial charge in [0, 0.05) is 24.9 Å². The molecule has 10 heteroatoms. The van der Waals surface area contributed by atoms with Crippen molar-refractivity contribution in [1.82, 2.24) is 9.29 Å². The molecule has 0 atom stereocenters. The standard InChI is InChI=1S/C15H18ClN3O3S3/c16-13-6-5-12(24-13)11-10-23-15(17-11)18-14(20)4-3-9-25(21,22)19-7-1-2-8-19/h5-6,10H,1-4,7-9H2,(H,17,18,20). The van der Waals surface area contributed by atoms with Gasteiger partial charge in [0.15, 0.2) is 5.13 Å². The number of hydrogen-bond donors (Lipinski definition) is 1. The third-order valence-corrected chi connectivity index (χ3v) is 7.81. The summed E-state index contributed by atoms with van der Waals surface area (Å²) >= 11 is 8.68. The van der Waals surface area contributed by atoms with Crippen molar-refractivity contribution in [1.29, 1.82) is 0 Å². The zero-order valence-electron chi connectivity index (χ0n) is 13.4. The molecular formula is C15H18ClN3O3S3. The molecule has 136 valence electrons. The molecule has 1 aliphatic heterocycles. The van der Waals surface area contributed by atoms with E-state index in [2.05, 4.69) is 10.3 Å². The highest BCUT2D eigenvalue weighted by atomic mass is 35.5. The molecule has 2 aromatic heterocycles. The SMILES string of the molecule is O=C(CCCS(=O)(=O)N1CCCC1)Nc1nc(-c2ccc(Cl)s2)cs1. The Hall–Kier alpha value is -1.000. The number of hydrogen-bond acceptors (Lipinski definition) is 6. The first-order chi connectivity index (χ1) is 11.9. The molecule has 0 spiro atoms. The highest BCUT2D eigenvalue weighted by Gasteiger charge is 2.24. The van der Waals surface area contributed by atoms with Crippen molar-refractivity contribution in [3.8, 4) is 10.6 Å². The number of aromatic nitrogens is 1. The summed E-state index contributed by atoms with van der Waals surface area (Å²) in [4.78, 5) is 17.3. The zero-order chi connectivity index (χ0) is 17.9. The molecule has 0 unspecified atom stereocenters. The van der Waals surface area contributed by atoms with E-state index in [0.29, 0.717) is 29.0 Å². The molecule has 6 nitrogen and oxygen atoms in total. The number of carbonyl (C=O) groups is 1. The van der Waals surface area contributed by atoms with Crippen LogP contribution in [0.25, 0.3) is 10.6 Å². The predicted molar refractivity (Wildman–Crippen MR) is 103 cm³/mol. The van der Waals surface area contributed by atoms with Crippen LogP contribution in [0.1, 0.15) is 25.7 Å². The maximum Gasteiger partial charge on any atom is 0.226 e. The Balaban J connectivity index is 1.47. The van der Waals surface area contributed by atoms with Crippen molar-refractivity contribution in [3.63, 3.8) is 0 Å². The zero-order valence-corrected chi connectivity index (χ0v) is 16.6. The van der Waals surface area contributed by atoms with Crippen LogP contribution < -0.4 is 5.32 Å². The first-order valence-corrected chi connectivity index (χ1v) is 11.6. The van der Waals surface area contributed by atoms with Crippen LogP contribution in [-0.4, -0.2) is 42.5 Å². The maximum absolute atomic E-state index is 12.1. The van der Waals surface area contributed by atoms with Gasteiger partial charge in [0.2, 0.25) is 15.9 Å². The molecule has 0 saturated carbocycles. The summed E-state index contributed by atoms with van der Waals surface area (Å²) in [6.45, 7) is 1.20. The number of nitrogens with one attached hydrogen (secondary N) is 1. The van der Waals surface area contributed by atoms with E-state index in [1.807, 2.05) is 11.4 Å². The van der Waals surface area contributed by atoms with Gasteiger partial charge in [0.05, 0.1) is 20.7 Å². The third-order valence-electron chi connectivity index (χ3n) is 3.84. The van der Waals surface area contributed by atoms with Crippen LogP contribution in [0.4, 0.5) is 5.13 Å². The van der Waals surface area contributed by atoms with Gasteiger partial charge in [-0.3, -0.25) is 4.79 Å². The number of anilines is 1. The second kappa shape index (κ2) is 8.13. The van der Waals surface area contributed by atoms with Crippen molar-refractivity contribution in [2.24, 2.45) is 0 Å². The van der Waals surface area contributed by atoms with E-state index in [1.165, 1.54) is 27.0 Å². The molecular weight excluding hydrogens is 402 g/mol. The molecule has 1 aliphatic rings. The van der Waals surface area contributed by atoms with Crippen molar-refractivity contribution in [2.75, 3.05) is 24.2 Å². The van der Waals surface area contributed by atoms with E-state index in [4.69, 9.17) is 11.6 Å². The second-order valence-electron chi connectivity index (χ2n) is 5.72. The second-order valence-corrected chi connectivity index (χ2v) is 10.4. The molecule has 0 bridgehead atoms. The van der Waals surface area contributed by atoms with Crippen LogP contribution in [0.15, 0.2) is 17.5 Å². The van der Waals surface area contributed by atoms with Gasteiger partial charge in [-0.2, -0.15) is 0 Å². The van der Waals surface area contributed by atoms with Crippen molar-refractivity contribution in [2.45, 2.75) is 25.7 Å². The van der Waals surface area contributed by atoms with Gasteiger partial charge in [-0.15, -0.1) is 22.7 Å². The van der Waals surface area contributed by atoms with Crippen molar-refractivity contribution >= 4 is 55.3 Å². The van der Waals surface area contributed by atoms with Crippen LogP contribution in [0.3, 0.4) is 0 Å². The summed E-state index contributed by atoms with van der Waals surface area (Å²) in [6.07, 6.45) is 2.30. The van der Waals surface area contributed by atoms with Crippen LogP contribution >= 0.6 is 34.3 Å². The fourth-order valence-corrected chi connectivity index (χ4v) is 5.98. The van der Waals surface area contributed by atoms with Gasteiger partial charge in [-0.05, 0) is 31.4 Å². The number of carbonyl (C=O) groups excluding carboxylic acids is 1. The van der Waals surface area contributed by atoms with E-state index in [-0.39, 0.29) is 18.1 Å². The highest BCUT2D eigenvalue weighted by molar-refractivity contribution is 7.89. The summed E-state index contributed by atoms with van der Waals surface area (Å²) in [5, 5.41) is 5.09. The summed E-state index contributed by atoms with van der Waals surface area (Å²) in [7, 11) is -3.23. The Labute approximate surface area is 159 Å². The lowest BCUT2D eigenvalue weighted by atomic mass is 10.3. The minimum Gasteiger partial charge on any atom is -0.302 e. The van der Waals surface area contributed by atoms with E-state index < -0.39 is 10.0 Å². The highest BCUT2D eigenvalue weighted by Crippen LogP contribution is 2.32. The predicted octanol–water partition coefficient (Wildman–Crippen LogP) is 3.67. The Bertz CT molecular complexity index is 841. The maximum atomic E-state index is 12.1. The Morgan fingerprint density at radius 1 is 1.32 bits per heavy atom. The number of halogens is 1. The van der Waals surface area contributed by atoms with Crippen LogP contribution in [0, 0.1) is 0 Å². The third kappa shape index (κ3) is 5.01. The number of thiazole rings is 1. The number of rotatable bonds is 7. The van der Waals surface area contributed by atoms with Crippen LogP contribution in [0.5, 0.6) is 0 Å². The van der Waals surface area contributed by atoms with Crippen LogP contribution in [-0.2, 0) is 14.8 Å². The van der Waals surface area contributed by atoms with Gasteiger partial charge in [0.25, 0.3) is 0 Å². The number of nitrogens with zero attached hydrogens (tertiary/aromatic N) is 2. The molecule has 2 aromatic rings. The number of sulfonamides is 1. The van der Waals surface area contributed by atoms with Crippen molar-refractivity contribution in [3.05, 3.63) is 21.8 Å². The minimum atomic E-state index is -3.23. The largest absolute Gasteiger partial charge is 0.302 e. The Morgan fingerprint density at radius 3 is 2.76 bits per heavy atom. The Morgan fingerprint density at radius 2 is 2.08 bits per heavy atom. The fraction of sp³-hybridized carbons (Fsp3) is 0.467. The first kappa shape index (κ1) is 18.8. The molecule has 25 heavy (non-hydrogen) atoms. The van der Waals surface area contributed by atoms with Crippen molar-refractivity contribution < 1.29 is 13.2 Å². The lowest BCUT2D eigenvalue weighted by molar-refractivity contribution is -0.116. The van der Waals surface area contributed by atoms with Gasteiger partial charge < -0.3 is 5.32 Å². The van der Waals surface area contributed by atoms with E-state index in [9.17, 15) is 13.2 Å². The summed E-state index contributed by atoms with van der Waals surface area (Å²) in [5.41, 5.74) is 0.772. The molecule has 3 rings (SSSR count). The normalized spacial score (nSPS) is 15.6. The average molecular weight is 420 g/mol. The van der Waals surface area contributed by atoms with Crippen LogP contribution in [0.2, 0.25) is 4.34 Å². The quantitative estimate of drug-likeness (QED) is 0.742. The van der Waals surface area contributed by atoms with Gasteiger partial charge >= 0.3 is 0 Å². The average Bonchev–Trinajstić information content (AvgIpc) is 3.27. The molecule has 1 saturated heterocycles. The van der Waals surface area contributed by atoms with E-state index in [1.54, 1.807) is 6.07 Å².